The van der Waals surface area contributed by atoms with Crippen molar-refractivity contribution in [3.05, 3.63) is 0 Å². The lowest BCUT2D eigenvalue weighted by Gasteiger charge is -2.29. The molecule has 1 amide bonds. The van der Waals surface area contributed by atoms with Gasteiger partial charge in [-0.3, -0.25) is 4.79 Å². The van der Waals surface area contributed by atoms with Crippen LogP contribution in [-0.2, 0) is 14.6 Å². The number of hydrogen-bond acceptors (Lipinski definition) is 8. The largest absolute Gasteiger partial charge is 0.363 e. The molecule has 10 heteroatoms. The fourth-order valence-corrected chi connectivity index (χ4v) is 5.77. The second-order valence-corrected chi connectivity index (χ2v) is 10.3. The minimum absolute atomic E-state index is 0.0352. The Morgan fingerprint density at radius 3 is 2.74 bits per heavy atom. The summed E-state index contributed by atoms with van der Waals surface area (Å²) in [4.78, 5) is 14.3. The van der Waals surface area contributed by atoms with Gasteiger partial charge in [0.15, 0.2) is 14.2 Å². The van der Waals surface area contributed by atoms with Crippen LogP contribution in [0.25, 0.3) is 0 Å². The average molecular weight is 379 g/mol. The fraction of sp³-hybridized carbons (Fsp3) is 0.769. The summed E-state index contributed by atoms with van der Waals surface area (Å²) < 4.78 is 24.1. The number of rotatable bonds is 7. The first-order valence-corrected chi connectivity index (χ1v) is 11.1. The van der Waals surface area contributed by atoms with Gasteiger partial charge in [-0.25, -0.2) is 8.42 Å². The van der Waals surface area contributed by atoms with Gasteiger partial charge in [0.2, 0.25) is 11.0 Å². The number of aromatic nitrogens is 2. The van der Waals surface area contributed by atoms with Crippen molar-refractivity contribution in [3.8, 4) is 0 Å². The Labute approximate surface area is 145 Å². The lowest BCUT2D eigenvalue weighted by Crippen LogP contribution is -2.44. The molecule has 1 N–H and O–H groups in total. The van der Waals surface area contributed by atoms with Gasteiger partial charge in [0.1, 0.15) is 0 Å². The normalized spacial score (nSPS) is 19.9. The second-order valence-electron chi connectivity index (χ2n) is 5.91. The van der Waals surface area contributed by atoms with Gasteiger partial charge >= 0.3 is 0 Å². The summed E-state index contributed by atoms with van der Waals surface area (Å²) >= 11 is 2.74. The maximum atomic E-state index is 12.6. The second kappa shape index (κ2) is 7.80. The first kappa shape index (κ1) is 18.5. The smallest absolute Gasteiger partial charge is 0.233 e. The minimum Gasteiger partial charge on any atom is -0.363 e. The van der Waals surface area contributed by atoms with E-state index in [9.17, 15) is 13.2 Å². The fourth-order valence-electron chi connectivity index (χ4n) is 2.44. The summed E-state index contributed by atoms with van der Waals surface area (Å²) in [6.45, 7) is 4.64. The van der Waals surface area contributed by atoms with Gasteiger partial charge < -0.3 is 10.2 Å². The number of thioether (sulfide) groups is 1. The van der Waals surface area contributed by atoms with E-state index >= 15 is 0 Å². The Morgan fingerprint density at radius 2 is 2.22 bits per heavy atom. The molecular weight excluding hydrogens is 356 g/mol. The van der Waals surface area contributed by atoms with Crippen molar-refractivity contribution in [1.29, 1.82) is 0 Å². The molecule has 23 heavy (non-hydrogen) atoms. The number of hydrogen-bond donors (Lipinski definition) is 1. The van der Waals surface area contributed by atoms with Crippen LogP contribution in [0.2, 0.25) is 0 Å². The van der Waals surface area contributed by atoms with E-state index in [1.165, 1.54) is 23.1 Å². The average Bonchev–Trinajstić information content (AvgIpc) is 3.08. The van der Waals surface area contributed by atoms with E-state index in [0.717, 1.165) is 4.34 Å². The van der Waals surface area contributed by atoms with Gasteiger partial charge in [-0.2, -0.15) is 0 Å². The lowest BCUT2D eigenvalue weighted by molar-refractivity contribution is -0.130. The molecule has 1 aromatic heterocycles. The molecule has 0 spiro atoms. The molecule has 130 valence electrons. The molecule has 2 heterocycles. The van der Waals surface area contributed by atoms with Crippen molar-refractivity contribution in [3.63, 3.8) is 0 Å². The number of nitrogens with zero attached hydrogens (tertiary/aromatic N) is 3. The summed E-state index contributed by atoms with van der Waals surface area (Å²) in [6.07, 6.45) is 0.536. The molecule has 0 unspecified atom stereocenters. The van der Waals surface area contributed by atoms with Gasteiger partial charge in [0.05, 0.1) is 17.3 Å². The Hall–Kier alpha value is -0.870. The third-order valence-corrected chi connectivity index (χ3v) is 7.28. The number of amides is 1. The molecule has 1 aliphatic heterocycles. The topological polar surface area (TPSA) is 92.3 Å². The Kier molecular flexibility index (Phi) is 6.26. The predicted molar refractivity (Wildman–Crippen MR) is 93.8 cm³/mol. The van der Waals surface area contributed by atoms with Crippen LogP contribution in [0.15, 0.2) is 4.34 Å². The maximum Gasteiger partial charge on any atom is 0.233 e. The number of carbonyl (C=O) groups excluding carboxylic acids is 1. The predicted octanol–water partition coefficient (Wildman–Crippen LogP) is 1.34. The number of sulfone groups is 1. The van der Waals surface area contributed by atoms with Crippen molar-refractivity contribution in [2.24, 2.45) is 5.92 Å². The van der Waals surface area contributed by atoms with E-state index in [0.29, 0.717) is 24.0 Å². The quantitative estimate of drug-likeness (QED) is 0.716. The molecule has 1 aliphatic rings. The summed E-state index contributed by atoms with van der Waals surface area (Å²) in [5.41, 5.74) is 0. The van der Waals surface area contributed by atoms with Crippen LogP contribution >= 0.6 is 23.1 Å². The zero-order chi connectivity index (χ0) is 17.0. The van der Waals surface area contributed by atoms with Crippen molar-refractivity contribution in [2.45, 2.75) is 30.6 Å². The Balaban J connectivity index is 1.99. The molecule has 2 rings (SSSR count). The van der Waals surface area contributed by atoms with Gasteiger partial charge in [0, 0.05) is 19.6 Å². The van der Waals surface area contributed by atoms with E-state index < -0.39 is 9.84 Å². The summed E-state index contributed by atoms with van der Waals surface area (Å²) in [6, 6.07) is -0.196. The Morgan fingerprint density at radius 1 is 1.48 bits per heavy atom. The molecule has 0 aliphatic carbocycles. The monoisotopic (exact) mass is 378 g/mol. The molecule has 0 bridgehead atoms. The van der Waals surface area contributed by atoms with Crippen molar-refractivity contribution in [2.75, 3.05) is 36.2 Å². The molecule has 1 aromatic rings. The SMILES string of the molecule is CNc1nnc(SCC(=O)N(CC(C)C)[C@H]2CCS(=O)(=O)C2)s1. The van der Waals surface area contributed by atoms with Crippen LogP contribution in [0.5, 0.6) is 0 Å². The lowest BCUT2D eigenvalue weighted by atomic mass is 10.1. The molecule has 0 saturated carbocycles. The standard InChI is InChI=1S/C13H22N4O3S3/c1-9(2)6-17(10-4-5-23(19,20)8-10)11(18)7-21-13-16-15-12(14-3)22-13/h9-10H,4-8H2,1-3H3,(H,14,15)/t10-/m0/s1. The van der Waals surface area contributed by atoms with E-state index in [-0.39, 0.29) is 29.2 Å². The van der Waals surface area contributed by atoms with Gasteiger partial charge in [-0.1, -0.05) is 36.9 Å². The highest BCUT2D eigenvalue weighted by Gasteiger charge is 2.34. The van der Waals surface area contributed by atoms with Crippen LogP contribution < -0.4 is 5.32 Å². The minimum atomic E-state index is -3.01. The number of anilines is 1. The summed E-state index contributed by atoms with van der Waals surface area (Å²) in [5, 5.41) is 11.6. The van der Waals surface area contributed by atoms with Crippen LogP contribution in [-0.4, -0.2) is 66.3 Å². The number of nitrogens with one attached hydrogen (secondary N) is 1. The third kappa shape index (κ3) is 5.32. The Bertz CT molecular complexity index is 645. The van der Waals surface area contributed by atoms with E-state index in [1.54, 1.807) is 11.9 Å². The zero-order valence-electron chi connectivity index (χ0n) is 13.5. The highest BCUT2D eigenvalue weighted by Crippen LogP contribution is 2.26. The molecule has 0 aromatic carbocycles. The summed E-state index contributed by atoms with van der Waals surface area (Å²) in [7, 11) is -1.24. The van der Waals surface area contributed by atoms with E-state index in [1.807, 2.05) is 13.8 Å². The molecule has 7 nitrogen and oxygen atoms in total. The third-order valence-electron chi connectivity index (χ3n) is 3.47. The van der Waals surface area contributed by atoms with Crippen LogP contribution in [0, 0.1) is 5.92 Å². The van der Waals surface area contributed by atoms with Crippen LogP contribution in [0.1, 0.15) is 20.3 Å². The van der Waals surface area contributed by atoms with Crippen LogP contribution in [0.4, 0.5) is 5.13 Å². The van der Waals surface area contributed by atoms with Gasteiger partial charge in [-0.05, 0) is 12.3 Å². The van der Waals surface area contributed by atoms with Crippen molar-refractivity contribution in [1.82, 2.24) is 15.1 Å². The van der Waals surface area contributed by atoms with Crippen molar-refractivity contribution < 1.29 is 13.2 Å². The van der Waals surface area contributed by atoms with Crippen LogP contribution in [0.3, 0.4) is 0 Å². The highest BCUT2D eigenvalue weighted by molar-refractivity contribution is 8.01. The first-order valence-electron chi connectivity index (χ1n) is 7.44. The van der Waals surface area contributed by atoms with Crippen molar-refractivity contribution >= 4 is 44.0 Å². The molecule has 1 atom stereocenters. The highest BCUT2D eigenvalue weighted by atomic mass is 32.2. The van der Waals surface area contributed by atoms with E-state index in [4.69, 9.17) is 0 Å². The maximum absolute atomic E-state index is 12.6. The van der Waals surface area contributed by atoms with Gasteiger partial charge in [0.25, 0.3) is 0 Å². The van der Waals surface area contributed by atoms with Gasteiger partial charge in [-0.15, -0.1) is 10.2 Å². The summed E-state index contributed by atoms with van der Waals surface area (Å²) in [5.74, 6) is 0.770. The molecular formula is C13H22N4O3S3. The zero-order valence-corrected chi connectivity index (χ0v) is 15.9. The molecule has 0 radical (unpaired) electrons. The van der Waals surface area contributed by atoms with E-state index in [2.05, 4.69) is 15.5 Å². The number of carbonyl (C=O) groups is 1. The first-order chi connectivity index (χ1) is 10.8. The molecule has 1 fully saturated rings. The molecule has 1 saturated heterocycles.